The summed E-state index contributed by atoms with van der Waals surface area (Å²) >= 11 is 6.34. The smallest absolute Gasteiger partial charge is 0.269 e. The summed E-state index contributed by atoms with van der Waals surface area (Å²) in [5.41, 5.74) is 0.650. The number of hydrogen-bond acceptors (Lipinski definition) is 5. The quantitative estimate of drug-likeness (QED) is 0.578. The molecule has 1 atom stereocenters. The van der Waals surface area contributed by atoms with Crippen molar-refractivity contribution in [1.29, 1.82) is 0 Å². The van der Waals surface area contributed by atoms with E-state index in [1.54, 1.807) is 37.3 Å². The van der Waals surface area contributed by atoms with E-state index in [1.807, 2.05) is 0 Å². The van der Waals surface area contributed by atoms with E-state index >= 15 is 0 Å². The molecule has 0 radical (unpaired) electrons. The first-order chi connectivity index (χ1) is 16.7. The molecule has 8 nitrogen and oxygen atoms in total. The number of hydrogen-bond donors (Lipinski definition) is 1. The largest absolute Gasteiger partial charge is 0.352 e. The number of sulfonamides is 1. The molecule has 0 spiro atoms. The third-order valence-electron chi connectivity index (χ3n) is 6.58. The molecule has 3 amide bonds. The molecule has 1 saturated carbocycles. The van der Waals surface area contributed by atoms with E-state index in [4.69, 9.17) is 11.6 Å². The summed E-state index contributed by atoms with van der Waals surface area (Å²) in [4.78, 5) is 40.9. The maximum Gasteiger partial charge on any atom is 0.269 e. The highest BCUT2D eigenvalue weighted by molar-refractivity contribution is 7.90. The lowest BCUT2D eigenvalue weighted by atomic mass is 10.1. The Labute approximate surface area is 210 Å². The summed E-state index contributed by atoms with van der Waals surface area (Å²) < 4.78 is 26.6. The summed E-state index contributed by atoms with van der Waals surface area (Å²) in [5.74, 6) is -1.70. The number of benzene rings is 2. The lowest BCUT2D eigenvalue weighted by molar-refractivity contribution is -0.141. The van der Waals surface area contributed by atoms with Crippen LogP contribution in [-0.2, 0) is 26.2 Å². The highest BCUT2D eigenvalue weighted by atomic mass is 35.5. The molecule has 1 fully saturated rings. The van der Waals surface area contributed by atoms with Crippen LogP contribution < -0.4 is 5.32 Å². The van der Waals surface area contributed by atoms with Crippen molar-refractivity contribution in [2.24, 2.45) is 0 Å². The number of halogens is 1. The van der Waals surface area contributed by atoms with Crippen LogP contribution in [0.1, 0.15) is 54.9 Å². The summed E-state index contributed by atoms with van der Waals surface area (Å²) in [6.45, 7) is 1.09. The Morgan fingerprint density at radius 1 is 1.11 bits per heavy atom. The molecule has 2 aliphatic rings. The zero-order valence-corrected chi connectivity index (χ0v) is 21.0. The Morgan fingerprint density at radius 2 is 1.77 bits per heavy atom. The molecule has 1 heterocycles. The van der Waals surface area contributed by atoms with Gasteiger partial charge in [-0.3, -0.25) is 14.4 Å². The second-order valence-electron chi connectivity index (χ2n) is 8.84. The van der Waals surface area contributed by atoms with Gasteiger partial charge in [0, 0.05) is 17.6 Å². The van der Waals surface area contributed by atoms with Crippen molar-refractivity contribution in [2.45, 2.75) is 62.6 Å². The molecule has 1 N–H and O–H groups in total. The molecule has 0 bridgehead atoms. The standard InChI is InChI=1S/C25H28ClN3O5S/c1-2-21(24(31)27-18-10-4-5-11-18)28(15-17-9-3-7-13-20(17)26)23(30)16-29-25(32)19-12-6-8-14-22(19)35(29,33)34/h3,6-9,12-14,18,21H,2,4-5,10-11,15-16H2,1H3,(H,27,31). The van der Waals surface area contributed by atoms with Gasteiger partial charge in [0.1, 0.15) is 17.5 Å². The predicted octanol–water partition coefficient (Wildman–Crippen LogP) is 3.35. The average Bonchev–Trinajstić information content (AvgIpc) is 3.41. The van der Waals surface area contributed by atoms with Crippen molar-refractivity contribution in [2.75, 3.05) is 6.54 Å². The van der Waals surface area contributed by atoms with E-state index < -0.39 is 34.4 Å². The minimum Gasteiger partial charge on any atom is -0.352 e. The van der Waals surface area contributed by atoms with Crippen LogP contribution in [0, 0.1) is 0 Å². The monoisotopic (exact) mass is 517 g/mol. The van der Waals surface area contributed by atoms with Crippen molar-refractivity contribution in [3.05, 3.63) is 64.7 Å². The third kappa shape index (κ3) is 5.06. The van der Waals surface area contributed by atoms with Crippen LogP contribution in [0.15, 0.2) is 53.4 Å². The highest BCUT2D eigenvalue weighted by Gasteiger charge is 2.43. The summed E-state index contributed by atoms with van der Waals surface area (Å²) in [5, 5.41) is 3.46. The normalized spacial score (nSPS) is 17.8. The molecular formula is C25H28ClN3O5S. The number of nitrogens with zero attached hydrogens (tertiary/aromatic N) is 2. The first-order valence-electron chi connectivity index (χ1n) is 11.7. The molecule has 2 aromatic rings. The van der Waals surface area contributed by atoms with E-state index in [9.17, 15) is 22.8 Å². The van der Waals surface area contributed by atoms with Crippen LogP contribution in [-0.4, -0.2) is 54.0 Å². The van der Waals surface area contributed by atoms with Gasteiger partial charge in [0.15, 0.2) is 0 Å². The third-order valence-corrected chi connectivity index (χ3v) is 8.73. The van der Waals surface area contributed by atoms with Gasteiger partial charge < -0.3 is 10.2 Å². The summed E-state index contributed by atoms with van der Waals surface area (Å²) in [6.07, 6.45) is 4.17. The van der Waals surface area contributed by atoms with E-state index in [0.717, 1.165) is 25.7 Å². The Balaban J connectivity index is 1.62. The number of rotatable bonds is 8. The van der Waals surface area contributed by atoms with Gasteiger partial charge in [-0.25, -0.2) is 12.7 Å². The second kappa shape index (κ2) is 10.4. The van der Waals surface area contributed by atoms with Crippen LogP contribution in [0.2, 0.25) is 5.02 Å². The first kappa shape index (κ1) is 25.2. The lowest BCUT2D eigenvalue weighted by Gasteiger charge is -2.32. The van der Waals surface area contributed by atoms with Gasteiger partial charge in [-0.1, -0.05) is 61.7 Å². The SMILES string of the molecule is CCC(C(=O)NC1CCCC1)N(Cc1ccccc1Cl)C(=O)CN1C(=O)c2ccccc2S1(=O)=O. The van der Waals surface area contributed by atoms with E-state index in [1.165, 1.54) is 23.1 Å². The zero-order chi connectivity index (χ0) is 25.2. The molecule has 1 aliphatic carbocycles. The van der Waals surface area contributed by atoms with Gasteiger partial charge in [0.05, 0.1) is 5.56 Å². The molecular weight excluding hydrogens is 490 g/mol. The molecule has 186 valence electrons. The number of amides is 3. The Kier molecular flexibility index (Phi) is 7.47. The van der Waals surface area contributed by atoms with Crippen molar-refractivity contribution in [3.63, 3.8) is 0 Å². The predicted molar refractivity (Wildman–Crippen MR) is 131 cm³/mol. The van der Waals surface area contributed by atoms with Gasteiger partial charge in [0.25, 0.3) is 15.9 Å². The van der Waals surface area contributed by atoms with Gasteiger partial charge in [-0.2, -0.15) is 0 Å². The Bertz CT molecular complexity index is 1240. The number of carbonyl (C=O) groups is 3. The van der Waals surface area contributed by atoms with Gasteiger partial charge in [-0.15, -0.1) is 0 Å². The van der Waals surface area contributed by atoms with Crippen molar-refractivity contribution in [3.8, 4) is 0 Å². The molecule has 1 aliphatic heterocycles. The zero-order valence-electron chi connectivity index (χ0n) is 19.4. The van der Waals surface area contributed by atoms with Crippen LogP contribution in [0.4, 0.5) is 0 Å². The number of nitrogens with one attached hydrogen (secondary N) is 1. The van der Waals surface area contributed by atoms with Crippen LogP contribution >= 0.6 is 11.6 Å². The maximum atomic E-state index is 13.6. The molecule has 2 aromatic carbocycles. The molecule has 35 heavy (non-hydrogen) atoms. The lowest BCUT2D eigenvalue weighted by Crippen LogP contribution is -2.53. The fourth-order valence-corrected chi connectivity index (χ4v) is 6.41. The molecule has 0 saturated heterocycles. The highest BCUT2D eigenvalue weighted by Crippen LogP contribution is 2.30. The minimum absolute atomic E-state index is 0.00409. The average molecular weight is 518 g/mol. The van der Waals surface area contributed by atoms with E-state index in [2.05, 4.69) is 5.32 Å². The summed E-state index contributed by atoms with van der Waals surface area (Å²) in [6, 6.07) is 12.0. The van der Waals surface area contributed by atoms with E-state index in [-0.39, 0.29) is 29.0 Å². The Morgan fingerprint density at radius 3 is 2.43 bits per heavy atom. The van der Waals surface area contributed by atoms with Gasteiger partial charge in [-0.05, 0) is 43.0 Å². The number of carbonyl (C=O) groups excluding carboxylic acids is 3. The summed E-state index contributed by atoms with van der Waals surface area (Å²) in [7, 11) is -4.17. The molecule has 10 heteroatoms. The van der Waals surface area contributed by atoms with Crippen molar-refractivity contribution < 1.29 is 22.8 Å². The van der Waals surface area contributed by atoms with Crippen molar-refractivity contribution >= 4 is 39.3 Å². The van der Waals surface area contributed by atoms with Crippen LogP contribution in [0.25, 0.3) is 0 Å². The topological polar surface area (TPSA) is 104 Å². The minimum atomic E-state index is -4.17. The van der Waals surface area contributed by atoms with Crippen molar-refractivity contribution in [1.82, 2.24) is 14.5 Å². The van der Waals surface area contributed by atoms with E-state index in [0.29, 0.717) is 21.3 Å². The fraction of sp³-hybridized carbons (Fsp3) is 0.400. The van der Waals surface area contributed by atoms with Gasteiger partial charge in [0.2, 0.25) is 11.8 Å². The van der Waals surface area contributed by atoms with Crippen LogP contribution in [0.3, 0.4) is 0 Å². The molecule has 0 aromatic heterocycles. The first-order valence-corrected chi connectivity index (χ1v) is 13.5. The molecule has 4 rings (SSSR count). The maximum absolute atomic E-state index is 13.6. The molecule has 1 unspecified atom stereocenters. The van der Waals surface area contributed by atoms with Crippen LogP contribution in [0.5, 0.6) is 0 Å². The van der Waals surface area contributed by atoms with Gasteiger partial charge >= 0.3 is 0 Å². The Hall–Kier alpha value is -2.91. The number of fused-ring (bicyclic) bond motifs is 1. The second-order valence-corrected chi connectivity index (χ2v) is 11.1. The fourth-order valence-electron chi connectivity index (χ4n) is 4.70.